The van der Waals surface area contributed by atoms with Crippen LogP contribution in [0.2, 0.25) is 10.0 Å². The van der Waals surface area contributed by atoms with E-state index in [2.05, 4.69) is 19.9 Å². The minimum absolute atomic E-state index is 0. The Morgan fingerprint density at radius 1 is 1.05 bits per heavy atom. The van der Waals surface area contributed by atoms with Crippen LogP contribution in [0.1, 0.15) is 12.6 Å². The van der Waals surface area contributed by atoms with Crippen LogP contribution in [-0.4, -0.2) is 64.1 Å². The third-order valence-electron chi connectivity index (χ3n) is 4.27. The second-order valence-corrected chi connectivity index (χ2v) is 7.59. The van der Waals surface area contributed by atoms with Gasteiger partial charge < -0.3 is 43.0 Å². The van der Waals surface area contributed by atoms with Crippen LogP contribution in [0.4, 0.5) is 21.5 Å². The molecule has 0 unspecified atom stereocenters. The Balaban J connectivity index is -0.000000159. The topological polar surface area (TPSA) is 211 Å². The van der Waals surface area contributed by atoms with Crippen molar-refractivity contribution in [2.45, 2.75) is 25.9 Å². The first kappa shape index (κ1) is 47.2. The summed E-state index contributed by atoms with van der Waals surface area (Å²) in [5.41, 5.74) is 6.78. The first-order valence-electron chi connectivity index (χ1n) is 10.2. The van der Waals surface area contributed by atoms with Gasteiger partial charge >= 0.3 is 115 Å². The van der Waals surface area contributed by atoms with Gasteiger partial charge in [-0.05, 0) is 37.1 Å². The maximum atomic E-state index is 12.7. The van der Waals surface area contributed by atoms with E-state index in [0.717, 1.165) is 0 Å². The number of nitrogens with one attached hydrogen (secondary N) is 1. The number of halogens is 3. The number of nitrogens with two attached hydrogens (primary N) is 1. The Bertz CT molecular complexity index is 1220. The van der Waals surface area contributed by atoms with Gasteiger partial charge in [0.15, 0.2) is 0 Å². The summed E-state index contributed by atoms with van der Waals surface area (Å²) in [5.74, 6) is -2.71. The number of carboxylic acids is 2. The Morgan fingerprint density at radius 3 is 1.80 bits per heavy atom. The molecular formula is C23H25Cl2FK2N4O9. The van der Waals surface area contributed by atoms with Gasteiger partial charge in [-0.25, -0.2) is 18.9 Å². The third-order valence-corrected chi connectivity index (χ3v) is 5.22. The number of carboxylic acid groups (broad SMARTS) is 2. The van der Waals surface area contributed by atoms with Crippen molar-refractivity contribution in [2.24, 2.45) is 5.73 Å². The van der Waals surface area contributed by atoms with E-state index in [1.54, 1.807) is 19.9 Å². The molecule has 2 aromatic carbocycles. The molecule has 0 amide bonds. The van der Waals surface area contributed by atoms with Crippen molar-refractivity contribution in [2.75, 3.05) is 18.5 Å². The maximum Gasteiger partial charge on any atom is 1.00 e. The van der Waals surface area contributed by atoms with Crippen molar-refractivity contribution in [3.05, 3.63) is 74.1 Å². The number of aliphatic hydroxyl groups excluding tert-OH is 2. The van der Waals surface area contributed by atoms with Gasteiger partial charge in [0.2, 0.25) is 11.4 Å². The molecule has 0 saturated carbocycles. The number of rotatable bonds is 7. The predicted octanol–water partition coefficient (Wildman–Crippen LogP) is -3.66. The number of carbonyl (C=O) groups excluding carboxylic acids is 1. The molecule has 214 valence electrons. The summed E-state index contributed by atoms with van der Waals surface area (Å²) >= 11 is 11.6. The standard InChI is InChI=1S/C11H11ClN2O3.C8H5ClFN.C3H7NO3.CH2O3.2K.H/c1-6-7(14-9(5-15)11(16)17)3-4-8(13-2)10(6)12;1-5-6(10)3-4-7(11-2)8(5)9;4-2(1-5)3(6)7;2-1-4-3;;;/h3-4,9,14-15H,5H2,1H3,(H,16,17);3-4H,1H3;2,5H,1,4H2,(H,6,7);1,3H;;;/q;;;;2*+1;-1/p-1/t9-;;2-;;;;/m1.1..../s1. The Labute approximate surface area is 331 Å². The summed E-state index contributed by atoms with van der Waals surface area (Å²) in [7, 11) is 0. The molecule has 0 radical (unpaired) electrons. The van der Waals surface area contributed by atoms with E-state index in [4.69, 9.17) is 72.6 Å². The van der Waals surface area contributed by atoms with Crippen molar-refractivity contribution >= 4 is 58.7 Å². The van der Waals surface area contributed by atoms with Gasteiger partial charge in [-0.1, -0.05) is 35.3 Å². The molecule has 13 nitrogen and oxygen atoms in total. The normalized spacial score (nSPS) is 10.1. The zero-order valence-electron chi connectivity index (χ0n) is 23.4. The zero-order valence-corrected chi connectivity index (χ0v) is 30.1. The summed E-state index contributed by atoms with van der Waals surface area (Å²) in [6.07, 6.45) is 0. The molecule has 0 aliphatic carbocycles. The quantitative estimate of drug-likeness (QED) is 0.0556. The summed E-state index contributed by atoms with van der Waals surface area (Å²) in [6, 6.07) is 3.47. The van der Waals surface area contributed by atoms with Crippen LogP contribution < -0.4 is 119 Å². The van der Waals surface area contributed by atoms with Crippen LogP contribution in [0.25, 0.3) is 9.69 Å². The Kier molecular flexibility index (Phi) is 30.9. The van der Waals surface area contributed by atoms with Crippen LogP contribution in [0.15, 0.2) is 24.3 Å². The molecular weight excluding hydrogens is 644 g/mol. The number of benzene rings is 2. The van der Waals surface area contributed by atoms with Crippen molar-refractivity contribution in [3.63, 3.8) is 0 Å². The van der Waals surface area contributed by atoms with Gasteiger partial charge in [0.1, 0.15) is 17.9 Å². The van der Waals surface area contributed by atoms with Crippen molar-refractivity contribution in [1.82, 2.24) is 0 Å². The predicted molar refractivity (Wildman–Crippen MR) is 138 cm³/mol. The van der Waals surface area contributed by atoms with E-state index in [0.29, 0.717) is 28.2 Å². The Hall–Kier alpha value is -0.747. The van der Waals surface area contributed by atoms with Crippen LogP contribution in [-0.2, 0) is 19.3 Å². The number of aliphatic hydroxyl groups is 2. The first-order chi connectivity index (χ1) is 18.3. The molecule has 7 N–H and O–H groups in total. The van der Waals surface area contributed by atoms with Crippen LogP contribution >= 0.6 is 23.2 Å². The van der Waals surface area contributed by atoms with E-state index in [1.807, 2.05) is 0 Å². The fourth-order valence-corrected chi connectivity index (χ4v) is 2.50. The third kappa shape index (κ3) is 18.5. The first-order valence-corrected chi connectivity index (χ1v) is 10.9. The number of carbonyl (C=O) groups is 3. The molecule has 0 aromatic heterocycles. The molecule has 2 atom stereocenters. The van der Waals surface area contributed by atoms with Crippen molar-refractivity contribution in [1.29, 1.82) is 0 Å². The number of hydrogen-bond donors (Lipinski definition) is 6. The summed E-state index contributed by atoms with van der Waals surface area (Å²) < 4.78 is 12.7. The van der Waals surface area contributed by atoms with Crippen LogP contribution in [0.5, 0.6) is 0 Å². The summed E-state index contributed by atoms with van der Waals surface area (Å²) in [5, 5.41) is 45.2. The average Bonchev–Trinajstić information content (AvgIpc) is 2.92. The zero-order chi connectivity index (χ0) is 30.7. The van der Waals surface area contributed by atoms with Crippen molar-refractivity contribution < 1.29 is 154 Å². The molecule has 0 heterocycles. The fourth-order valence-electron chi connectivity index (χ4n) is 2.10. The Morgan fingerprint density at radius 2 is 1.49 bits per heavy atom. The molecule has 0 spiro atoms. The second kappa shape index (κ2) is 26.8. The van der Waals surface area contributed by atoms with Gasteiger partial charge in [-0.2, -0.15) is 0 Å². The van der Waals surface area contributed by atoms with Gasteiger partial charge in [0.05, 0.1) is 36.4 Å². The minimum atomic E-state index is -1.18. The SMILES string of the molecule is N[C@H](CO)C(=O)O.O=CO[O-].[C-]#[N+]c1ccc(F)c(C)c1Cl.[C-]#[N+]c1ccc(N[C@H](CO)C(=O)O)c(C)c1Cl.[H-].[K+].[K+]. The molecule has 18 heteroatoms. The fraction of sp³-hybridized carbons (Fsp3) is 0.261. The molecule has 0 saturated heterocycles. The molecule has 41 heavy (non-hydrogen) atoms. The molecule has 0 aliphatic heterocycles. The number of nitrogens with zero attached hydrogens (tertiary/aromatic N) is 2. The number of aliphatic carboxylic acids is 2. The largest absolute Gasteiger partial charge is 1.00 e. The molecule has 2 aromatic rings. The smallest absolute Gasteiger partial charge is 1.00 e. The maximum absolute atomic E-state index is 12.7. The monoisotopic (exact) mass is 668 g/mol. The van der Waals surface area contributed by atoms with E-state index >= 15 is 0 Å². The van der Waals surface area contributed by atoms with E-state index < -0.39 is 37.2 Å². The number of hydrogen-bond acceptors (Lipinski definition) is 9. The second-order valence-electron chi connectivity index (χ2n) is 6.84. The summed E-state index contributed by atoms with van der Waals surface area (Å²) in [6.45, 7) is 15.6. The van der Waals surface area contributed by atoms with E-state index in [-0.39, 0.29) is 127 Å². The van der Waals surface area contributed by atoms with Gasteiger partial charge in [0, 0.05) is 5.69 Å². The number of anilines is 1. The molecule has 0 bridgehead atoms. The van der Waals surface area contributed by atoms with Crippen molar-refractivity contribution in [3.8, 4) is 0 Å². The van der Waals surface area contributed by atoms with Gasteiger partial charge in [-0.3, -0.25) is 9.59 Å². The summed E-state index contributed by atoms with van der Waals surface area (Å²) in [4.78, 5) is 38.0. The molecule has 2 rings (SSSR count). The van der Waals surface area contributed by atoms with Gasteiger partial charge in [-0.15, -0.1) is 0 Å². The van der Waals surface area contributed by atoms with E-state index in [9.17, 15) is 14.0 Å². The van der Waals surface area contributed by atoms with Crippen LogP contribution in [0.3, 0.4) is 0 Å². The molecule has 0 aliphatic rings. The molecule has 0 fully saturated rings. The van der Waals surface area contributed by atoms with E-state index in [1.165, 1.54) is 18.2 Å². The van der Waals surface area contributed by atoms with Gasteiger partial charge in [0.25, 0.3) is 6.47 Å². The average molecular weight is 670 g/mol. The van der Waals surface area contributed by atoms with Crippen LogP contribution in [0, 0.1) is 32.8 Å². The minimum Gasteiger partial charge on any atom is -1.00 e.